The molecule has 0 fully saturated rings. The summed E-state index contributed by atoms with van der Waals surface area (Å²) in [6, 6.07) is 13.1. The van der Waals surface area contributed by atoms with Crippen LogP contribution in [-0.2, 0) is 13.0 Å². The quantitative estimate of drug-likeness (QED) is 0.750. The van der Waals surface area contributed by atoms with Gasteiger partial charge in [0.2, 0.25) is 0 Å². The summed E-state index contributed by atoms with van der Waals surface area (Å²) in [6.07, 6.45) is 4.05. The summed E-state index contributed by atoms with van der Waals surface area (Å²) in [5.41, 5.74) is 2.93. The number of urea groups is 1. The van der Waals surface area contributed by atoms with E-state index in [1.165, 1.54) is 12.1 Å². The number of nitrogens with zero attached hydrogens (tertiary/aromatic N) is 2. The molecule has 25 heavy (non-hydrogen) atoms. The lowest BCUT2D eigenvalue weighted by Gasteiger charge is -2.09. The minimum atomic E-state index is -0.483. The third-order valence-corrected chi connectivity index (χ3v) is 4.28. The predicted octanol–water partition coefficient (Wildman–Crippen LogP) is 4.28. The van der Waals surface area contributed by atoms with Gasteiger partial charge in [0.05, 0.1) is 17.6 Å². The van der Waals surface area contributed by atoms with Gasteiger partial charge in [-0.1, -0.05) is 24.3 Å². The molecule has 0 radical (unpaired) electrons. The molecule has 2 aromatic carbocycles. The van der Waals surface area contributed by atoms with E-state index in [2.05, 4.69) is 20.2 Å². The summed E-state index contributed by atoms with van der Waals surface area (Å²) in [4.78, 5) is 16.4. The number of amides is 2. The van der Waals surface area contributed by atoms with Crippen LogP contribution in [0, 0.1) is 5.82 Å². The van der Waals surface area contributed by atoms with Crippen LogP contribution in [0.1, 0.15) is 12.2 Å². The molecular weight excluding hydrogens is 319 g/mol. The monoisotopic (exact) mass is 336 g/mol. The van der Waals surface area contributed by atoms with Crippen LogP contribution in [0.25, 0.3) is 11.3 Å². The van der Waals surface area contributed by atoms with Crippen LogP contribution in [0.3, 0.4) is 0 Å². The number of hydrogen-bond donors (Lipinski definition) is 2. The number of rotatable bonds is 3. The fourth-order valence-electron chi connectivity index (χ4n) is 3.06. The van der Waals surface area contributed by atoms with Crippen LogP contribution < -0.4 is 10.6 Å². The molecule has 1 aromatic heterocycles. The number of anilines is 2. The Kier molecular flexibility index (Phi) is 3.93. The summed E-state index contributed by atoms with van der Waals surface area (Å²) in [6.45, 7) is 0.996. The first-order valence-corrected chi connectivity index (χ1v) is 8.18. The Morgan fingerprint density at radius 2 is 1.88 bits per heavy atom. The zero-order valence-electron chi connectivity index (χ0n) is 13.5. The summed E-state index contributed by atoms with van der Waals surface area (Å²) >= 11 is 0. The number of aromatic nitrogens is 2. The highest BCUT2D eigenvalue weighted by atomic mass is 19.1. The van der Waals surface area contributed by atoms with Crippen LogP contribution in [-0.4, -0.2) is 15.6 Å². The van der Waals surface area contributed by atoms with Crippen molar-refractivity contribution in [3.63, 3.8) is 0 Å². The van der Waals surface area contributed by atoms with Crippen molar-refractivity contribution in [2.24, 2.45) is 0 Å². The molecule has 0 atom stereocenters. The second kappa shape index (κ2) is 6.39. The van der Waals surface area contributed by atoms with E-state index in [4.69, 9.17) is 0 Å². The first kappa shape index (κ1) is 15.4. The zero-order valence-corrected chi connectivity index (χ0v) is 13.5. The smallest absolute Gasteiger partial charge is 0.323 e. The number of benzene rings is 2. The van der Waals surface area contributed by atoms with E-state index in [1.54, 1.807) is 12.1 Å². The number of halogens is 1. The number of aryl methyl sites for hydroxylation is 1. The predicted molar refractivity (Wildman–Crippen MR) is 95.0 cm³/mol. The molecule has 6 heteroatoms. The van der Waals surface area contributed by atoms with Crippen LogP contribution in [0.15, 0.2) is 54.7 Å². The molecule has 0 unspecified atom stereocenters. The molecule has 0 saturated heterocycles. The number of nitrogens with one attached hydrogen (secondary N) is 2. The van der Waals surface area contributed by atoms with Crippen LogP contribution >= 0.6 is 0 Å². The van der Waals surface area contributed by atoms with Crippen molar-refractivity contribution < 1.29 is 9.18 Å². The summed E-state index contributed by atoms with van der Waals surface area (Å²) < 4.78 is 15.8. The van der Waals surface area contributed by atoms with Crippen molar-refractivity contribution in [2.75, 3.05) is 10.6 Å². The average Bonchev–Trinajstić information content (AvgIpc) is 3.21. The van der Waals surface area contributed by atoms with Gasteiger partial charge in [-0.2, -0.15) is 0 Å². The molecule has 2 heterocycles. The topological polar surface area (TPSA) is 59.0 Å². The molecule has 0 aliphatic carbocycles. The van der Waals surface area contributed by atoms with Crippen LogP contribution in [0.2, 0.25) is 0 Å². The maximum Gasteiger partial charge on any atom is 0.323 e. The van der Waals surface area contributed by atoms with Gasteiger partial charge in [-0.05, 0) is 36.2 Å². The number of para-hydroxylation sites is 1. The first-order chi connectivity index (χ1) is 12.2. The van der Waals surface area contributed by atoms with E-state index in [9.17, 15) is 9.18 Å². The van der Waals surface area contributed by atoms with Gasteiger partial charge in [-0.3, -0.25) is 0 Å². The third-order valence-electron chi connectivity index (χ3n) is 4.28. The number of carbonyl (C=O) groups is 1. The molecule has 2 amide bonds. The van der Waals surface area contributed by atoms with Gasteiger partial charge in [0, 0.05) is 18.7 Å². The summed E-state index contributed by atoms with van der Waals surface area (Å²) in [5, 5.41) is 5.20. The lowest BCUT2D eigenvalue weighted by molar-refractivity contribution is 0.262. The molecule has 0 saturated carbocycles. The van der Waals surface area contributed by atoms with Crippen LogP contribution in [0.5, 0.6) is 0 Å². The first-order valence-electron chi connectivity index (χ1n) is 8.18. The molecule has 1 aliphatic rings. The lowest BCUT2D eigenvalue weighted by Crippen LogP contribution is -2.20. The zero-order chi connectivity index (χ0) is 17.2. The van der Waals surface area contributed by atoms with Crippen LogP contribution in [0.4, 0.5) is 20.6 Å². The highest BCUT2D eigenvalue weighted by Gasteiger charge is 2.16. The van der Waals surface area contributed by atoms with Gasteiger partial charge in [0.25, 0.3) is 0 Å². The highest BCUT2D eigenvalue weighted by Crippen LogP contribution is 2.26. The molecule has 4 rings (SSSR count). The van der Waals surface area contributed by atoms with E-state index in [-0.39, 0.29) is 5.69 Å². The average molecular weight is 336 g/mol. The molecule has 2 N–H and O–H groups in total. The number of hydrogen-bond acceptors (Lipinski definition) is 2. The number of carbonyl (C=O) groups excluding carboxylic acids is 1. The minimum Gasteiger partial charge on any atom is -0.328 e. The Bertz CT molecular complexity index is 917. The molecular formula is C19H17FN4O. The van der Waals surface area contributed by atoms with E-state index < -0.39 is 11.8 Å². The van der Waals surface area contributed by atoms with Gasteiger partial charge in [0.15, 0.2) is 0 Å². The van der Waals surface area contributed by atoms with Crippen molar-refractivity contribution in [1.82, 2.24) is 9.55 Å². The summed E-state index contributed by atoms with van der Waals surface area (Å²) in [7, 11) is 0. The Morgan fingerprint density at radius 3 is 2.68 bits per heavy atom. The molecule has 1 aliphatic heterocycles. The number of fused-ring (bicyclic) bond motifs is 1. The molecule has 126 valence electrons. The maximum atomic E-state index is 13.6. The van der Waals surface area contributed by atoms with Gasteiger partial charge < -0.3 is 15.2 Å². The van der Waals surface area contributed by atoms with E-state index in [0.29, 0.717) is 5.69 Å². The van der Waals surface area contributed by atoms with Crippen molar-refractivity contribution in [2.45, 2.75) is 19.4 Å². The van der Waals surface area contributed by atoms with Crippen molar-refractivity contribution in [1.29, 1.82) is 0 Å². The molecule has 3 aromatic rings. The normalized spacial score (nSPS) is 12.7. The van der Waals surface area contributed by atoms with Crippen molar-refractivity contribution >= 4 is 17.4 Å². The van der Waals surface area contributed by atoms with E-state index in [1.807, 2.05) is 30.5 Å². The lowest BCUT2D eigenvalue weighted by atomic mass is 10.1. The Hall–Kier alpha value is -3.15. The standard InChI is InChI=1S/C19H17FN4O/c20-15-4-1-2-5-16(15)23-19(25)22-14-9-7-13(8-10-14)17-12-21-18-6-3-11-24(17)18/h1-2,4-5,7-10,12H,3,6,11H2,(H2,22,23,25). The van der Waals surface area contributed by atoms with Gasteiger partial charge in [-0.15, -0.1) is 0 Å². The van der Waals surface area contributed by atoms with E-state index in [0.717, 1.165) is 36.5 Å². The molecule has 0 bridgehead atoms. The second-order valence-electron chi connectivity index (χ2n) is 5.95. The highest BCUT2D eigenvalue weighted by molar-refractivity contribution is 5.99. The Morgan fingerprint density at radius 1 is 1.08 bits per heavy atom. The fraction of sp³-hybridized carbons (Fsp3) is 0.158. The van der Waals surface area contributed by atoms with Gasteiger partial charge >= 0.3 is 6.03 Å². The fourth-order valence-corrected chi connectivity index (χ4v) is 3.06. The van der Waals surface area contributed by atoms with Gasteiger partial charge in [-0.25, -0.2) is 14.2 Å². The van der Waals surface area contributed by atoms with Crippen molar-refractivity contribution in [3.8, 4) is 11.3 Å². The Labute approximate surface area is 144 Å². The second-order valence-corrected chi connectivity index (χ2v) is 5.95. The SMILES string of the molecule is O=C(Nc1ccc(-c2cnc3n2CCC3)cc1)Nc1ccccc1F. The number of imidazole rings is 1. The van der Waals surface area contributed by atoms with E-state index >= 15 is 0 Å². The summed E-state index contributed by atoms with van der Waals surface area (Å²) in [5.74, 6) is 0.657. The van der Waals surface area contributed by atoms with Crippen molar-refractivity contribution in [3.05, 3.63) is 66.4 Å². The molecule has 0 spiro atoms. The minimum absolute atomic E-state index is 0.145. The van der Waals surface area contributed by atoms with Gasteiger partial charge in [0.1, 0.15) is 11.6 Å². The molecule has 5 nitrogen and oxygen atoms in total. The largest absolute Gasteiger partial charge is 0.328 e. The Balaban J connectivity index is 1.45. The maximum absolute atomic E-state index is 13.6. The third kappa shape index (κ3) is 3.10.